The van der Waals surface area contributed by atoms with Crippen LogP contribution in [0.5, 0.6) is 0 Å². The molecule has 0 saturated carbocycles. The summed E-state index contributed by atoms with van der Waals surface area (Å²) in [7, 11) is 0. The van der Waals surface area contributed by atoms with Crippen LogP contribution in [0.1, 0.15) is 39.6 Å². The van der Waals surface area contributed by atoms with Crippen LogP contribution in [0.3, 0.4) is 0 Å². The van der Waals surface area contributed by atoms with Crippen LogP contribution >= 0.6 is 11.8 Å². The average molecular weight is 499 g/mol. The van der Waals surface area contributed by atoms with Crippen molar-refractivity contribution < 1.29 is 19.5 Å². The molecule has 4 rings (SSSR count). The van der Waals surface area contributed by atoms with Crippen molar-refractivity contribution in [1.29, 1.82) is 0 Å². The van der Waals surface area contributed by atoms with Crippen LogP contribution in [-0.2, 0) is 4.79 Å². The number of hydrogen-bond acceptors (Lipinski definition) is 4. The minimum Gasteiger partial charge on any atom is -0.478 e. The molecule has 7 heteroatoms. The Morgan fingerprint density at radius 2 is 1.50 bits per heavy atom. The Kier molecular flexibility index (Phi) is 7.71. The molecule has 3 N–H and O–H groups in total. The normalized spacial score (nSPS) is 11.6. The molecule has 2 amide bonds. The van der Waals surface area contributed by atoms with E-state index in [2.05, 4.69) is 10.6 Å². The third-order valence-corrected chi connectivity index (χ3v) is 7.09. The SMILES string of the molecule is CCC(Sc1cccc(NC(=O)c2cccc3cccc(C(=O)O)c23)c1)C(=O)Nc1ccc(C)cc1. The van der Waals surface area contributed by atoms with E-state index in [0.717, 1.165) is 16.1 Å². The summed E-state index contributed by atoms with van der Waals surface area (Å²) in [5, 5.41) is 16.2. The van der Waals surface area contributed by atoms with Crippen LogP contribution in [0.25, 0.3) is 10.8 Å². The quantitative estimate of drug-likeness (QED) is 0.238. The van der Waals surface area contributed by atoms with Gasteiger partial charge in [-0.1, -0.05) is 55.0 Å². The van der Waals surface area contributed by atoms with Gasteiger partial charge in [-0.05, 0) is 61.2 Å². The number of carbonyl (C=O) groups is 3. The first-order valence-electron chi connectivity index (χ1n) is 11.6. The smallest absolute Gasteiger partial charge is 0.336 e. The lowest BCUT2D eigenvalue weighted by Gasteiger charge is -2.16. The van der Waals surface area contributed by atoms with Crippen molar-refractivity contribution in [3.05, 3.63) is 102 Å². The summed E-state index contributed by atoms with van der Waals surface area (Å²) in [4.78, 5) is 38.6. The molecule has 0 aliphatic heterocycles. The van der Waals surface area contributed by atoms with Crippen LogP contribution in [0, 0.1) is 6.92 Å². The van der Waals surface area contributed by atoms with Crippen molar-refractivity contribution in [2.24, 2.45) is 0 Å². The molecule has 4 aromatic rings. The molecule has 0 saturated heterocycles. The summed E-state index contributed by atoms with van der Waals surface area (Å²) < 4.78 is 0. The lowest BCUT2D eigenvalue weighted by Crippen LogP contribution is -2.24. The first kappa shape index (κ1) is 25.0. The zero-order valence-corrected chi connectivity index (χ0v) is 20.8. The van der Waals surface area contributed by atoms with E-state index in [1.165, 1.54) is 17.8 Å². The number of rotatable bonds is 8. The van der Waals surface area contributed by atoms with Crippen LogP contribution in [0.4, 0.5) is 11.4 Å². The van der Waals surface area contributed by atoms with Gasteiger partial charge in [-0.3, -0.25) is 9.59 Å². The molecule has 4 aromatic carbocycles. The Labute approximate surface area is 213 Å². The average Bonchev–Trinajstić information content (AvgIpc) is 2.88. The fourth-order valence-electron chi connectivity index (χ4n) is 3.90. The maximum absolute atomic E-state index is 13.2. The van der Waals surface area contributed by atoms with Crippen LogP contribution in [-0.4, -0.2) is 28.1 Å². The summed E-state index contributed by atoms with van der Waals surface area (Å²) in [5.74, 6) is -1.58. The number of nitrogens with one attached hydrogen (secondary N) is 2. The first-order chi connectivity index (χ1) is 17.4. The maximum Gasteiger partial charge on any atom is 0.336 e. The van der Waals surface area contributed by atoms with E-state index in [1.54, 1.807) is 36.4 Å². The number of hydrogen-bond donors (Lipinski definition) is 3. The number of carbonyl (C=O) groups excluding carboxylic acids is 2. The molecule has 0 aliphatic carbocycles. The number of carboxylic acids is 1. The molecule has 0 spiro atoms. The van der Waals surface area contributed by atoms with Crippen LogP contribution < -0.4 is 10.6 Å². The Morgan fingerprint density at radius 1 is 0.833 bits per heavy atom. The summed E-state index contributed by atoms with van der Waals surface area (Å²) in [6, 6.07) is 25.0. The third kappa shape index (κ3) is 5.75. The highest BCUT2D eigenvalue weighted by atomic mass is 32.2. The molecule has 0 fully saturated rings. The fourth-order valence-corrected chi connectivity index (χ4v) is 4.91. The van der Waals surface area contributed by atoms with E-state index in [9.17, 15) is 19.5 Å². The monoisotopic (exact) mass is 498 g/mol. The first-order valence-corrected chi connectivity index (χ1v) is 12.4. The molecule has 0 aliphatic rings. The predicted octanol–water partition coefficient (Wildman–Crippen LogP) is 6.61. The number of benzene rings is 4. The number of amides is 2. The summed E-state index contributed by atoms with van der Waals surface area (Å²) in [6.07, 6.45) is 0.632. The topological polar surface area (TPSA) is 95.5 Å². The Bertz CT molecular complexity index is 1430. The van der Waals surface area contributed by atoms with E-state index in [0.29, 0.717) is 22.9 Å². The van der Waals surface area contributed by atoms with Crippen molar-refractivity contribution in [3.63, 3.8) is 0 Å². The van der Waals surface area contributed by atoms with Gasteiger partial charge in [0.25, 0.3) is 5.91 Å². The van der Waals surface area contributed by atoms with Gasteiger partial charge in [0.2, 0.25) is 5.91 Å². The van der Waals surface area contributed by atoms with Crippen molar-refractivity contribution >= 4 is 51.7 Å². The van der Waals surface area contributed by atoms with Gasteiger partial charge in [-0.15, -0.1) is 11.8 Å². The highest BCUT2D eigenvalue weighted by Crippen LogP contribution is 2.29. The van der Waals surface area contributed by atoms with Crippen molar-refractivity contribution in [2.75, 3.05) is 10.6 Å². The number of thioether (sulfide) groups is 1. The van der Waals surface area contributed by atoms with Gasteiger partial charge >= 0.3 is 5.97 Å². The van der Waals surface area contributed by atoms with E-state index in [-0.39, 0.29) is 22.3 Å². The third-order valence-electron chi connectivity index (χ3n) is 5.73. The number of anilines is 2. The van der Waals surface area contributed by atoms with Crippen LogP contribution in [0.15, 0.2) is 89.8 Å². The maximum atomic E-state index is 13.2. The second kappa shape index (κ2) is 11.1. The minimum absolute atomic E-state index is 0.0768. The Morgan fingerprint density at radius 3 is 2.17 bits per heavy atom. The van der Waals surface area contributed by atoms with Gasteiger partial charge in [0.1, 0.15) is 0 Å². The second-order valence-corrected chi connectivity index (χ2v) is 9.64. The zero-order valence-electron chi connectivity index (χ0n) is 19.9. The summed E-state index contributed by atoms with van der Waals surface area (Å²) in [6.45, 7) is 3.95. The van der Waals surface area contributed by atoms with Crippen molar-refractivity contribution in [3.8, 4) is 0 Å². The van der Waals surface area contributed by atoms with Gasteiger partial charge in [-0.2, -0.15) is 0 Å². The lowest BCUT2D eigenvalue weighted by molar-refractivity contribution is -0.115. The molecule has 1 unspecified atom stereocenters. The Hall–Kier alpha value is -4.10. The number of aromatic carboxylic acids is 1. The lowest BCUT2D eigenvalue weighted by atomic mass is 9.98. The standard InChI is InChI=1S/C29H26N2O4S/c1-3-25(28(33)30-20-15-13-18(2)14-16-20)36-22-10-6-9-21(17-22)31-27(32)23-11-4-7-19-8-5-12-24(26(19)23)29(34)35/h4-17,25H,3H2,1-2H3,(H,30,33)(H,31,32)(H,34,35). The van der Waals surface area contributed by atoms with Gasteiger partial charge in [0, 0.05) is 27.2 Å². The van der Waals surface area contributed by atoms with E-state index in [1.807, 2.05) is 56.3 Å². The molecule has 36 heavy (non-hydrogen) atoms. The van der Waals surface area contributed by atoms with E-state index >= 15 is 0 Å². The molecule has 6 nitrogen and oxygen atoms in total. The number of carboxylic acid groups (broad SMARTS) is 1. The van der Waals surface area contributed by atoms with E-state index in [4.69, 9.17) is 0 Å². The second-order valence-electron chi connectivity index (χ2n) is 8.37. The molecule has 0 radical (unpaired) electrons. The predicted molar refractivity (Wildman–Crippen MR) is 145 cm³/mol. The Balaban J connectivity index is 1.51. The van der Waals surface area contributed by atoms with Crippen LogP contribution in [0.2, 0.25) is 0 Å². The highest BCUT2D eigenvalue weighted by Gasteiger charge is 2.19. The number of aryl methyl sites for hydroxylation is 1. The fraction of sp³-hybridized carbons (Fsp3) is 0.138. The van der Waals surface area contributed by atoms with Crippen molar-refractivity contribution in [2.45, 2.75) is 30.4 Å². The van der Waals surface area contributed by atoms with Gasteiger partial charge in [0.05, 0.1) is 10.8 Å². The molecule has 0 bridgehead atoms. The molecule has 0 heterocycles. The van der Waals surface area contributed by atoms with Gasteiger partial charge < -0.3 is 15.7 Å². The molecule has 0 aromatic heterocycles. The van der Waals surface area contributed by atoms with Gasteiger partial charge in [-0.25, -0.2) is 4.79 Å². The summed E-state index contributed by atoms with van der Waals surface area (Å²) in [5.41, 5.74) is 2.79. The molecule has 182 valence electrons. The summed E-state index contributed by atoms with van der Waals surface area (Å²) >= 11 is 1.42. The van der Waals surface area contributed by atoms with Gasteiger partial charge in [0.15, 0.2) is 0 Å². The van der Waals surface area contributed by atoms with E-state index < -0.39 is 11.9 Å². The minimum atomic E-state index is -1.09. The molecule has 1 atom stereocenters. The largest absolute Gasteiger partial charge is 0.478 e. The molecular formula is C29H26N2O4S. The van der Waals surface area contributed by atoms with Crippen molar-refractivity contribution in [1.82, 2.24) is 0 Å². The zero-order chi connectivity index (χ0) is 25.7. The number of fused-ring (bicyclic) bond motifs is 1. The molecular weight excluding hydrogens is 472 g/mol. The highest BCUT2D eigenvalue weighted by molar-refractivity contribution is 8.00.